The van der Waals surface area contributed by atoms with Crippen LogP contribution in [0.15, 0.2) is 46.2 Å². The molecule has 6 heteroatoms. The molecule has 1 aromatic carbocycles. The molecule has 0 radical (unpaired) electrons. The predicted octanol–water partition coefficient (Wildman–Crippen LogP) is 4.82. The molecule has 0 aliphatic rings. The number of para-hydroxylation sites is 2. The Bertz CT molecular complexity index is 696. The first kappa shape index (κ1) is 12.8. The van der Waals surface area contributed by atoms with Gasteiger partial charge in [0, 0.05) is 17.0 Å². The van der Waals surface area contributed by atoms with Crippen LogP contribution in [-0.2, 0) is 5.75 Å². The number of hydrogen-bond acceptors (Lipinski definition) is 4. The number of nitrogens with zero attached hydrogens (tertiary/aromatic N) is 2. The average Bonchev–Trinajstić information content (AvgIpc) is 2.80. The van der Waals surface area contributed by atoms with E-state index in [-0.39, 0.29) is 0 Å². The van der Waals surface area contributed by atoms with Gasteiger partial charge in [-0.05, 0) is 23.8 Å². The summed E-state index contributed by atoms with van der Waals surface area (Å²) in [5, 5.41) is 1.61. The van der Waals surface area contributed by atoms with Crippen molar-refractivity contribution >= 4 is 46.1 Å². The lowest BCUT2D eigenvalue weighted by Gasteiger charge is -2.01. The Hall–Kier alpha value is -1.23. The highest BCUT2D eigenvalue weighted by Crippen LogP contribution is 2.29. The number of thioether (sulfide) groups is 1. The van der Waals surface area contributed by atoms with Crippen molar-refractivity contribution < 1.29 is 4.42 Å². The van der Waals surface area contributed by atoms with E-state index in [9.17, 15) is 0 Å². The monoisotopic (exact) mass is 310 g/mol. The Kier molecular flexibility index (Phi) is 3.64. The van der Waals surface area contributed by atoms with Gasteiger partial charge < -0.3 is 4.42 Å². The quantitative estimate of drug-likeness (QED) is 0.513. The SMILES string of the molecule is Clc1cc(Cl)c(CSc2nc3ccccc3o2)cn1. The van der Waals surface area contributed by atoms with Crippen molar-refractivity contribution in [2.45, 2.75) is 11.0 Å². The summed E-state index contributed by atoms with van der Waals surface area (Å²) < 4.78 is 5.62. The summed E-state index contributed by atoms with van der Waals surface area (Å²) in [6.45, 7) is 0. The second-order valence-electron chi connectivity index (χ2n) is 3.83. The fourth-order valence-electron chi connectivity index (χ4n) is 1.59. The fraction of sp³-hybridized carbons (Fsp3) is 0.0769. The van der Waals surface area contributed by atoms with Crippen LogP contribution < -0.4 is 0 Å². The van der Waals surface area contributed by atoms with Crippen LogP contribution in [0.25, 0.3) is 11.1 Å². The molecule has 19 heavy (non-hydrogen) atoms. The van der Waals surface area contributed by atoms with Gasteiger partial charge in [-0.3, -0.25) is 0 Å². The lowest BCUT2D eigenvalue weighted by Crippen LogP contribution is -1.85. The first-order valence-electron chi connectivity index (χ1n) is 5.50. The molecule has 0 aliphatic heterocycles. The summed E-state index contributed by atoms with van der Waals surface area (Å²) >= 11 is 13.3. The van der Waals surface area contributed by atoms with Gasteiger partial charge in [0.1, 0.15) is 10.7 Å². The Balaban J connectivity index is 1.78. The van der Waals surface area contributed by atoms with Crippen molar-refractivity contribution in [3.8, 4) is 0 Å². The van der Waals surface area contributed by atoms with Gasteiger partial charge in [-0.1, -0.05) is 47.1 Å². The van der Waals surface area contributed by atoms with Gasteiger partial charge in [0.25, 0.3) is 5.22 Å². The number of halogens is 2. The van der Waals surface area contributed by atoms with Crippen molar-refractivity contribution in [1.82, 2.24) is 9.97 Å². The van der Waals surface area contributed by atoms with Crippen molar-refractivity contribution in [2.75, 3.05) is 0 Å². The van der Waals surface area contributed by atoms with Crippen molar-refractivity contribution in [3.05, 3.63) is 52.3 Å². The van der Waals surface area contributed by atoms with Crippen LogP contribution in [0, 0.1) is 0 Å². The molecule has 0 atom stereocenters. The van der Waals surface area contributed by atoms with Crippen LogP contribution in [-0.4, -0.2) is 9.97 Å². The maximum Gasteiger partial charge on any atom is 0.257 e. The summed E-state index contributed by atoms with van der Waals surface area (Å²) in [6.07, 6.45) is 1.67. The third kappa shape index (κ3) is 2.86. The molecule has 0 spiro atoms. The molecule has 0 amide bonds. The molecule has 0 saturated carbocycles. The predicted molar refractivity (Wildman–Crippen MR) is 77.8 cm³/mol. The van der Waals surface area contributed by atoms with E-state index in [2.05, 4.69) is 9.97 Å². The van der Waals surface area contributed by atoms with Crippen molar-refractivity contribution in [3.63, 3.8) is 0 Å². The molecule has 2 heterocycles. The second kappa shape index (κ2) is 5.41. The van der Waals surface area contributed by atoms with E-state index < -0.39 is 0 Å². The minimum absolute atomic E-state index is 0.389. The number of oxazole rings is 1. The largest absolute Gasteiger partial charge is 0.431 e. The molecule has 0 unspecified atom stereocenters. The maximum atomic E-state index is 6.09. The van der Waals surface area contributed by atoms with E-state index in [0.29, 0.717) is 21.2 Å². The molecule has 96 valence electrons. The lowest BCUT2D eigenvalue weighted by molar-refractivity contribution is 0.489. The van der Waals surface area contributed by atoms with E-state index in [4.69, 9.17) is 27.6 Å². The molecular weight excluding hydrogens is 303 g/mol. The van der Waals surface area contributed by atoms with Gasteiger partial charge in [0.15, 0.2) is 5.58 Å². The lowest BCUT2D eigenvalue weighted by atomic mass is 10.3. The number of fused-ring (bicyclic) bond motifs is 1. The normalized spacial score (nSPS) is 11.1. The summed E-state index contributed by atoms with van der Waals surface area (Å²) in [5.41, 5.74) is 2.54. The van der Waals surface area contributed by atoms with Crippen molar-refractivity contribution in [2.24, 2.45) is 0 Å². The third-order valence-electron chi connectivity index (χ3n) is 2.52. The highest BCUT2D eigenvalue weighted by molar-refractivity contribution is 7.98. The van der Waals surface area contributed by atoms with Gasteiger partial charge in [-0.2, -0.15) is 0 Å². The summed E-state index contributed by atoms with van der Waals surface area (Å²) in [5.74, 6) is 0.635. The van der Waals surface area contributed by atoms with Crippen LogP contribution in [0.3, 0.4) is 0 Å². The van der Waals surface area contributed by atoms with Gasteiger partial charge >= 0.3 is 0 Å². The summed E-state index contributed by atoms with van der Waals surface area (Å²) in [4.78, 5) is 8.39. The summed E-state index contributed by atoms with van der Waals surface area (Å²) in [7, 11) is 0. The van der Waals surface area contributed by atoms with Gasteiger partial charge in [-0.25, -0.2) is 9.97 Å². The zero-order valence-corrected chi connectivity index (χ0v) is 12.0. The maximum absolute atomic E-state index is 6.09. The zero-order chi connectivity index (χ0) is 13.2. The first-order chi connectivity index (χ1) is 9.22. The fourth-order valence-corrected chi connectivity index (χ4v) is 2.93. The highest BCUT2D eigenvalue weighted by atomic mass is 35.5. The van der Waals surface area contributed by atoms with Gasteiger partial charge in [0.05, 0.1) is 0 Å². The molecule has 0 aliphatic carbocycles. The smallest absolute Gasteiger partial charge is 0.257 e. The standard InChI is InChI=1S/C13H8Cl2N2OS/c14-9-5-12(15)16-6-8(9)7-19-13-17-10-3-1-2-4-11(10)18-13/h1-6H,7H2. The minimum Gasteiger partial charge on any atom is -0.431 e. The summed E-state index contributed by atoms with van der Waals surface area (Å²) in [6, 6.07) is 9.29. The molecule has 3 aromatic rings. The van der Waals surface area contributed by atoms with Crippen LogP contribution in [0.5, 0.6) is 0 Å². The zero-order valence-electron chi connectivity index (χ0n) is 9.64. The topological polar surface area (TPSA) is 38.9 Å². The van der Waals surface area contributed by atoms with Crippen LogP contribution in [0.1, 0.15) is 5.56 Å². The Morgan fingerprint density at radius 2 is 2.05 bits per heavy atom. The molecule has 0 bridgehead atoms. The minimum atomic E-state index is 0.389. The van der Waals surface area contributed by atoms with E-state index in [1.54, 1.807) is 12.3 Å². The number of aromatic nitrogens is 2. The Morgan fingerprint density at radius 1 is 1.21 bits per heavy atom. The first-order valence-corrected chi connectivity index (χ1v) is 7.25. The van der Waals surface area contributed by atoms with E-state index in [1.165, 1.54) is 11.8 Å². The Morgan fingerprint density at radius 3 is 2.84 bits per heavy atom. The number of rotatable bonds is 3. The molecular formula is C13H8Cl2N2OS. The Labute approximate surface area is 123 Å². The molecule has 0 fully saturated rings. The second-order valence-corrected chi connectivity index (χ2v) is 5.56. The third-order valence-corrected chi connectivity index (χ3v) is 3.96. The number of hydrogen-bond donors (Lipinski definition) is 0. The number of benzene rings is 1. The van der Waals surface area contributed by atoms with Gasteiger partial charge in [-0.15, -0.1) is 0 Å². The van der Waals surface area contributed by atoms with Crippen LogP contribution >= 0.6 is 35.0 Å². The van der Waals surface area contributed by atoms with Crippen LogP contribution in [0.4, 0.5) is 0 Å². The van der Waals surface area contributed by atoms with E-state index in [1.807, 2.05) is 24.3 Å². The molecule has 0 saturated heterocycles. The van der Waals surface area contributed by atoms with E-state index in [0.717, 1.165) is 16.7 Å². The van der Waals surface area contributed by atoms with Gasteiger partial charge in [0.2, 0.25) is 0 Å². The molecule has 2 aromatic heterocycles. The molecule has 3 rings (SSSR count). The average molecular weight is 311 g/mol. The highest BCUT2D eigenvalue weighted by Gasteiger charge is 2.08. The van der Waals surface area contributed by atoms with E-state index >= 15 is 0 Å². The number of pyridine rings is 1. The van der Waals surface area contributed by atoms with Crippen LogP contribution in [0.2, 0.25) is 10.2 Å². The molecule has 0 N–H and O–H groups in total. The van der Waals surface area contributed by atoms with Crippen molar-refractivity contribution in [1.29, 1.82) is 0 Å². The molecule has 3 nitrogen and oxygen atoms in total.